The van der Waals surface area contributed by atoms with Crippen molar-refractivity contribution in [3.8, 4) is 0 Å². The highest BCUT2D eigenvalue weighted by molar-refractivity contribution is 6.01. The Morgan fingerprint density at radius 2 is 2.38 bits per heavy atom. The number of hydrogen-bond donors (Lipinski definition) is 2. The molecule has 0 aromatic heterocycles. The van der Waals surface area contributed by atoms with E-state index in [1.54, 1.807) is 18.3 Å². The molecule has 1 aliphatic rings. The standard InChI is InChI=1S/C9H8N2O2/c12-9(13)7-3-1-2-6-4-10-5-11-8(6)7/h1-4,11H,5H2,(H,12,13). The van der Waals surface area contributed by atoms with E-state index in [-0.39, 0.29) is 0 Å². The monoisotopic (exact) mass is 176 g/mol. The number of benzene rings is 1. The first-order chi connectivity index (χ1) is 6.29. The molecule has 0 saturated heterocycles. The lowest BCUT2D eigenvalue weighted by atomic mass is 10.1. The number of rotatable bonds is 1. The van der Waals surface area contributed by atoms with Crippen LogP contribution in [0.5, 0.6) is 0 Å². The predicted molar refractivity (Wildman–Crippen MR) is 49.5 cm³/mol. The topological polar surface area (TPSA) is 61.7 Å². The third-order valence-corrected chi connectivity index (χ3v) is 1.90. The number of hydrogen-bond acceptors (Lipinski definition) is 3. The van der Waals surface area contributed by atoms with Crippen LogP contribution in [-0.2, 0) is 0 Å². The van der Waals surface area contributed by atoms with Gasteiger partial charge < -0.3 is 10.4 Å². The number of para-hydroxylation sites is 1. The van der Waals surface area contributed by atoms with Gasteiger partial charge in [0.15, 0.2) is 0 Å². The summed E-state index contributed by atoms with van der Waals surface area (Å²) in [5.74, 6) is -0.917. The minimum absolute atomic E-state index is 0.295. The van der Waals surface area contributed by atoms with Crippen molar-refractivity contribution in [1.82, 2.24) is 0 Å². The largest absolute Gasteiger partial charge is 0.478 e. The van der Waals surface area contributed by atoms with Crippen molar-refractivity contribution in [2.75, 3.05) is 12.0 Å². The molecule has 0 aliphatic carbocycles. The van der Waals surface area contributed by atoms with Crippen LogP contribution in [0.15, 0.2) is 23.2 Å². The number of aliphatic imine (C=N–C) groups is 1. The highest BCUT2D eigenvalue weighted by Crippen LogP contribution is 2.21. The van der Waals surface area contributed by atoms with Crippen molar-refractivity contribution in [1.29, 1.82) is 0 Å². The van der Waals surface area contributed by atoms with Crippen LogP contribution in [0, 0.1) is 0 Å². The van der Waals surface area contributed by atoms with E-state index in [4.69, 9.17) is 5.11 Å². The second kappa shape index (κ2) is 2.90. The van der Waals surface area contributed by atoms with Gasteiger partial charge in [0, 0.05) is 11.8 Å². The number of nitrogens with one attached hydrogen (secondary N) is 1. The molecule has 0 unspecified atom stereocenters. The van der Waals surface area contributed by atoms with Crippen molar-refractivity contribution in [2.24, 2.45) is 4.99 Å². The summed E-state index contributed by atoms with van der Waals surface area (Å²) in [6.07, 6.45) is 1.68. The van der Waals surface area contributed by atoms with Crippen molar-refractivity contribution in [3.05, 3.63) is 29.3 Å². The molecule has 1 aromatic rings. The molecule has 0 fully saturated rings. The molecule has 2 N–H and O–H groups in total. The van der Waals surface area contributed by atoms with E-state index in [9.17, 15) is 4.79 Å². The van der Waals surface area contributed by atoms with Crippen LogP contribution in [0.3, 0.4) is 0 Å². The molecule has 0 radical (unpaired) electrons. The minimum atomic E-state index is -0.917. The van der Waals surface area contributed by atoms with E-state index in [1.807, 2.05) is 6.07 Å². The summed E-state index contributed by atoms with van der Waals surface area (Å²) >= 11 is 0. The fraction of sp³-hybridized carbons (Fsp3) is 0.111. The Balaban J connectivity index is 2.59. The number of aromatic carboxylic acids is 1. The SMILES string of the molecule is O=C(O)c1cccc2c1NCN=C2. The summed E-state index contributed by atoms with van der Waals surface area (Å²) < 4.78 is 0. The summed E-state index contributed by atoms with van der Waals surface area (Å²) in [6, 6.07) is 5.12. The van der Waals surface area contributed by atoms with Crippen LogP contribution < -0.4 is 5.32 Å². The summed E-state index contributed by atoms with van der Waals surface area (Å²) in [7, 11) is 0. The van der Waals surface area contributed by atoms with E-state index < -0.39 is 5.97 Å². The maximum absolute atomic E-state index is 10.8. The Bertz CT molecular complexity index is 385. The fourth-order valence-corrected chi connectivity index (χ4v) is 1.32. The average molecular weight is 176 g/mol. The number of carboxylic acids is 1. The number of fused-ring (bicyclic) bond motifs is 1. The lowest BCUT2D eigenvalue weighted by Crippen LogP contribution is -2.12. The lowest BCUT2D eigenvalue weighted by Gasteiger charge is -2.14. The molecule has 66 valence electrons. The Morgan fingerprint density at radius 3 is 3.15 bits per heavy atom. The van der Waals surface area contributed by atoms with Crippen LogP contribution in [0.2, 0.25) is 0 Å². The highest BCUT2D eigenvalue weighted by atomic mass is 16.4. The van der Waals surface area contributed by atoms with Gasteiger partial charge in [-0.2, -0.15) is 0 Å². The first kappa shape index (κ1) is 7.79. The van der Waals surface area contributed by atoms with Gasteiger partial charge in [0.2, 0.25) is 0 Å². The lowest BCUT2D eigenvalue weighted by molar-refractivity contribution is 0.0698. The molecule has 1 aromatic carbocycles. The van der Waals surface area contributed by atoms with Crippen LogP contribution in [0.1, 0.15) is 15.9 Å². The zero-order valence-electron chi connectivity index (χ0n) is 6.82. The summed E-state index contributed by atoms with van der Waals surface area (Å²) in [4.78, 5) is 14.8. The Kier molecular flexibility index (Phi) is 1.73. The van der Waals surface area contributed by atoms with Gasteiger partial charge in [-0.05, 0) is 6.07 Å². The van der Waals surface area contributed by atoms with Gasteiger partial charge in [-0.25, -0.2) is 4.79 Å². The molecule has 1 heterocycles. The number of carbonyl (C=O) groups is 1. The number of anilines is 1. The molecule has 4 nitrogen and oxygen atoms in total. The Hall–Kier alpha value is -1.84. The van der Waals surface area contributed by atoms with Gasteiger partial charge in [0.05, 0.1) is 11.3 Å². The van der Waals surface area contributed by atoms with Crippen molar-refractivity contribution in [2.45, 2.75) is 0 Å². The first-order valence-corrected chi connectivity index (χ1v) is 3.89. The number of carboxylic acid groups (broad SMARTS) is 1. The first-order valence-electron chi connectivity index (χ1n) is 3.89. The molecule has 0 amide bonds. The molecule has 1 aliphatic heterocycles. The quantitative estimate of drug-likeness (QED) is 0.675. The molecule has 2 rings (SSSR count). The number of nitrogens with zero attached hydrogens (tertiary/aromatic N) is 1. The Morgan fingerprint density at radius 1 is 1.54 bits per heavy atom. The molecule has 0 atom stereocenters. The van der Waals surface area contributed by atoms with E-state index >= 15 is 0 Å². The summed E-state index contributed by atoms with van der Waals surface area (Å²) in [5, 5.41) is 11.8. The third-order valence-electron chi connectivity index (χ3n) is 1.90. The van der Waals surface area contributed by atoms with Crippen LogP contribution in [0.25, 0.3) is 0 Å². The van der Waals surface area contributed by atoms with Gasteiger partial charge >= 0.3 is 5.97 Å². The van der Waals surface area contributed by atoms with E-state index in [1.165, 1.54) is 0 Å². The van der Waals surface area contributed by atoms with Crippen molar-refractivity contribution in [3.63, 3.8) is 0 Å². The van der Waals surface area contributed by atoms with Crippen LogP contribution >= 0.6 is 0 Å². The van der Waals surface area contributed by atoms with E-state index in [0.717, 1.165) is 5.56 Å². The second-order valence-electron chi connectivity index (χ2n) is 2.72. The molecular formula is C9H8N2O2. The normalized spacial score (nSPS) is 13.2. The summed E-state index contributed by atoms with van der Waals surface area (Å²) in [6.45, 7) is 0.442. The maximum atomic E-state index is 10.8. The highest BCUT2D eigenvalue weighted by Gasteiger charge is 2.13. The van der Waals surface area contributed by atoms with Gasteiger partial charge in [-0.1, -0.05) is 12.1 Å². The van der Waals surface area contributed by atoms with Gasteiger partial charge in [0.25, 0.3) is 0 Å². The van der Waals surface area contributed by atoms with Crippen LogP contribution in [0.4, 0.5) is 5.69 Å². The summed E-state index contributed by atoms with van der Waals surface area (Å²) in [5.41, 5.74) is 1.78. The molecule has 0 bridgehead atoms. The van der Waals surface area contributed by atoms with E-state index in [2.05, 4.69) is 10.3 Å². The smallest absolute Gasteiger partial charge is 0.337 e. The van der Waals surface area contributed by atoms with E-state index in [0.29, 0.717) is 17.9 Å². The second-order valence-corrected chi connectivity index (χ2v) is 2.72. The van der Waals surface area contributed by atoms with Crippen LogP contribution in [-0.4, -0.2) is 24.0 Å². The van der Waals surface area contributed by atoms with Crippen molar-refractivity contribution >= 4 is 17.9 Å². The predicted octanol–water partition coefficient (Wildman–Crippen LogP) is 1.19. The van der Waals surface area contributed by atoms with Gasteiger partial charge in [-0.15, -0.1) is 0 Å². The molecule has 4 heteroatoms. The molecular weight excluding hydrogens is 168 g/mol. The van der Waals surface area contributed by atoms with Gasteiger partial charge in [0.1, 0.15) is 6.67 Å². The average Bonchev–Trinajstić information content (AvgIpc) is 2.17. The van der Waals surface area contributed by atoms with Crippen molar-refractivity contribution < 1.29 is 9.90 Å². The molecule has 13 heavy (non-hydrogen) atoms. The molecule has 0 saturated carbocycles. The fourth-order valence-electron chi connectivity index (χ4n) is 1.32. The zero-order valence-corrected chi connectivity index (χ0v) is 6.82. The zero-order chi connectivity index (χ0) is 9.26. The minimum Gasteiger partial charge on any atom is -0.478 e. The molecule has 0 spiro atoms. The Labute approximate surface area is 74.9 Å². The third kappa shape index (κ3) is 1.26. The maximum Gasteiger partial charge on any atom is 0.337 e. The van der Waals surface area contributed by atoms with Gasteiger partial charge in [-0.3, -0.25) is 4.99 Å².